The smallest absolute Gasteiger partial charge is 0.223 e. The fourth-order valence-electron chi connectivity index (χ4n) is 2.30. The van der Waals surface area contributed by atoms with Crippen molar-refractivity contribution < 1.29 is 4.74 Å². The average Bonchev–Trinajstić information content (AvgIpc) is 2.54. The Kier molecular flexibility index (Phi) is 4.16. The van der Waals surface area contributed by atoms with Gasteiger partial charge in [-0.25, -0.2) is 9.97 Å². The van der Waals surface area contributed by atoms with E-state index in [0.717, 1.165) is 16.7 Å². The van der Waals surface area contributed by atoms with Crippen molar-refractivity contribution in [3.8, 4) is 5.75 Å². The van der Waals surface area contributed by atoms with Crippen molar-refractivity contribution in [2.24, 2.45) is 5.73 Å². The summed E-state index contributed by atoms with van der Waals surface area (Å²) < 4.78 is 5.15. The molecule has 1 aromatic heterocycles. The van der Waals surface area contributed by atoms with E-state index in [9.17, 15) is 0 Å². The predicted octanol–water partition coefficient (Wildman–Crippen LogP) is 3.99. The van der Waals surface area contributed by atoms with E-state index in [1.807, 2.05) is 24.3 Å². The number of rotatable bonds is 3. The number of ether oxygens (including phenoxy) is 1. The van der Waals surface area contributed by atoms with Gasteiger partial charge in [-0.1, -0.05) is 23.7 Å². The second-order valence-electron chi connectivity index (χ2n) is 4.79. The third kappa shape index (κ3) is 2.86. The van der Waals surface area contributed by atoms with Crippen molar-refractivity contribution in [1.29, 1.82) is 0 Å². The van der Waals surface area contributed by atoms with Crippen molar-refractivity contribution in [3.63, 3.8) is 0 Å². The Hall–Kier alpha value is -1.88. The molecule has 0 bridgehead atoms. The van der Waals surface area contributed by atoms with Crippen LogP contribution in [0.1, 0.15) is 17.3 Å². The Morgan fingerprint density at radius 1 is 1.05 bits per heavy atom. The van der Waals surface area contributed by atoms with Crippen LogP contribution in [0.4, 0.5) is 0 Å². The Morgan fingerprint density at radius 3 is 2.45 bits per heavy atom. The van der Waals surface area contributed by atoms with Crippen LogP contribution < -0.4 is 10.5 Å². The van der Waals surface area contributed by atoms with E-state index in [1.54, 1.807) is 25.3 Å². The molecule has 1 heterocycles. The van der Waals surface area contributed by atoms with Crippen LogP contribution in [-0.2, 0) is 0 Å². The average molecular weight is 334 g/mol. The first-order valence-electron chi connectivity index (χ1n) is 6.60. The molecular weight excluding hydrogens is 321 g/mol. The molecule has 0 aliphatic carbocycles. The summed E-state index contributed by atoms with van der Waals surface area (Å²) >= 11 is 12.1. The van der Waals surface area contributed by atoms with Crippen LogP contribution >= 0.6 is 23.2 Å². The first-order valence-corrected chi connectivity index (χ1v) is 7.36. The molecule has 1 unspecified atom stereocenters. The highest BCUT2D eigenvalue weighted by Crippen LogP contribution is 2.29. The lowest BCUT2D eigenvalue weighted by molar-refractivity contribution is 0.414. The van der Waals surface area contributed by atoms with Gasteiger partial charge in [-0.15, -0.1) is 0 Å². The van der Waals surface area contributed by atoms with Gasteiger partial charge in [0.05, 0.1) is 24.4 Å². The maximum absolute atomic E-state index is 6.36. The van der Waals surface area contributed by atoms with Crippen LogP contribution in [0.5, 0.6) is 5.75 Å². The van der Waals surface area contributed by atoms with Gasteiger partial charge in [0.15, 0.2) is 0 Å². The SMILES string of the molecule is COc1ccc(C(N)c2nc(Cl)nc3ccc(Cl)cc23)cc1. The monoisotopic (exact) mass is 333 g/mol. The number of methoxy groups -OCH3 is 1. The number of hydrogen-bond donors (Lipinski definition) is 1. The summed E-state index contributed by atoms with van der Waals surface area (Å²) in [6, 6.07) is 12.4. The van der Waals surface area contributed by atoms with Crippen LogP contribution in [0, 0.1) is 0 Å². The molecule has 3 rings (SSSR count). The van der Waals surface area contributed by atoms with E-state index in [0.29, 0.717) is 16.2 Å². The molecular formula is C16H13Cl2N3O. The van der Waals surface area contributed by atoms with E-state index in [1.165, 1.54) is 0 Å². The number of fused-ring (bicyclic) bond motifs is 1. The Bertz CT molecular complexity index is 821. The van der Waals surface area contributed by atoms with E-state index in [2.05, 4.69) is 9.97 Å². The number of benzene rings is 2. The van der Waals surface area contributed by atoms with Crippen LogP contribution in [0.15, 0.2) is 42.5 Å². The molecule has 0 aliphatic rings. The summed E-state index contributed by atoms with van der Waals surface area (Å²) in [6.45, 7) is 0. The van der Waals surface area contributed by atoms with E-state index in [-0.39, 0.29) is 5.28 Å². The van der Waals surface area contributed by atoms with Crippen molar-refractivity contribution in [2.45, 2.75) is 6.04 Å². The Labute approximate surface area is 137 Å². The van der Waals surface area contributed by atoms with Gasteiger partial charge < -0.3 is 10.5 Å². The second kappa shape index (κ2) is 6.08. The maximum Gasteiger partial charge on any atom is 0.223 e. The lowest BCUT2D eigenvalue weighted by atomic mass is 10.0. The van der Waals surface area contributed by atoms with Gasteiger partial charge in [0.25, 0.3) is 0 Å². The third-order valence-corrected chi connectivity index (χ3v) is 3.83. The maximum atomic E-state index is 6.36. The normalized spacial score (nSPS) is 12.4. The topological polar surface area (TPSA) is 61.0 Å². The highest BCUT2D eigenvalue weighted by atomic mass is 35.5. The molecule has 112 valence electrons. The molecule has 0 fully saturated rings. The van der Waals surface area contributed by atoms with Crippen molar-refractivity contribution in [1.82, 2.24) is 9.97 Å². The van der Waals surface area contributed by atoms with Gasteiger partial charge >= 0.3 is 0 Å². The number of nitrogens with zero attached hydrogens (tertiary/aromatic N) is 2. The lowest BCUT2D eigenvalue weighted by Gasteiger charge is -2.15. The van der Waals surface area contributed by atoms with Gasteiger partial charge in [-0.05, 0) is 47.5 Å². The van der Waals surface area contributed by atoms with E-state index < -0.39 is 6.04 Å². The first-order chi connectivity index (χ1) is 10.6. The first kappa shape index (κ1) is 15.0. The number of aromatic nitrogens is 2. The molecule has 0 aliphatic heterocycles. The molecule has 22 heavy (non-hydrogen) atoms. The minimum atomic E-state index is -0.438. The van der Waals surface area contributed by atoms with Crippen molar-refractivity contribution >= 4 is 34.1 Å². The van der Waals surface area contributed by atoms with Gasteiger partial charge in [-0.2, -0.15) is 0 Å². The summed E-state index contributed by atoms with van der Waals surface area (Å²) in [5.41, 5.74) is 8.61. The quantitative estimate of drug-likeness (QED) is 0.736. The van der Waals surface area contributed by atoms with E-state index >= 15 is 0 Å². The van der Waals surface area contributed by atoms with E-state index in [4.69, 9.17) is 33.7 Å². The van der Waals surface area contributed by atoms with Crippen molar-refractivity contribution in [2.75, 3.05) is 7.11 Å². The fourth-order valence-corrected chi connectivity index (χ4v) is 2.66. The third-order valence-electron chi connectivity index (χ3n) is 3.43. The zero-order valence-corrected chi connectivity index (χ0v) is 13.3. The van der Waals surface area contributed by atoms with Crippen molar-refractivity contribution in [3.05, 3.63) is 64.0 Å². The standard InChI is InChI=1S/C16H13Cl2N3O/c1-22-11-5-2-9(3-6-11)14(19)15-12-8-10(17)4-7-13(12)20-16(18)21-15/h2-8,14H,19H2,1H3. The minimum Gasteiger partial charge on any atom is -0.497 e. The molecule has 2 aromatic carbocycles. The van der Waals surface area contributed by atoms with Gasteiger partial charge in [0.1, 0.15) is 5.75 Å². The summed E-state index contributed by atoms with van der Waals surface area (Å²) in [4.78, 5) is 8.50. The lowest BCUT2D eigenvalue weighted by Crippen LogP contribution is -2.14. The molecule has 4 nitrogen and oxygen atoms in total. The zero-order chi connectivity index (χ0) is 15.7. The van der Waals surface area contributed by atoms with Crippen LogP contribution in [0.2, 0.25) is 10.3 Å². The summed E-state index contributed by atoms with van der Waals surface area (Å²) in [5.74, 6) is 0.768. The molecule has 0 saturated heterocycles. The fraction of sp³-hybridized carbons (Fsp3) is 0.125. The van der Waals surface area contributed by atoms with Gasteiger partial charge in [-0.3, -0.25) is 0 Å². The molecule has 2 N–H and O–H groups in total. The highest BCUT2D eigenvalue weighted by molar-refractivity contribution is 6.31. The zero-order valence-electron chi connectivity index (χ0n) is 11.8. The van der Waals surface area contributed by atoms with Crippen LogP contribution in [0.3, 0.4) is 0 Å². The molecule has 0 radical (unpaired) electrons. The highest BCUT2D eigenvalue weighted by Gasteiger charge is 2.16. The summed E-state index contributed by atoms with van der Waals surface area (Å²) in [5, 5.41) is 1.55. The Balaban J connectivity index is 2.12. The number of nitrogens with two attached hydrogens (primary N) is 1. The van der Waals surface area contributed by atoms with Crippen LogP contribution in [-0.4, -0.2) is 17.1 Å². The molecule has 6 heteroatoms. The van der Waals surface area contributed by atoms with Gasteiger partial charge in [0, 0.05) is 10.4 Å². The van der Waals surface area contributed by atoms with Crippen LogP contribution in [0.25, 0.3) is 10.9 Å². The molecule has 1 atom stereocenters. The summed E-state index contributed by atoms with van der Waals surface area (Å²) in [6.07, 6.45) is 0. The second-order valence-corrected chi connectivity index (χ2v) is 5.56. The van der Waals surface area contributed by atoms with Gasteiger partial charge in [0.2, 0.25) is 5.28 Å². The molecule has 0 spiro atoms. The molecule has 0 saturated carbocycles. The Morgan fingerprint density at radius 2 is 1.77 bits per heavy atom. The number of hydrogen-bond acceptors (Lipinski definition) is 4. The summed E-state index contributed by atoms with van der Waals surface area (Å²) in [7, 11) is 1.62. The molecule has 0 amide bonds. The largest absolute Gasteiger partial charge is 0.497 e. The molecule has 3 aromatic rings. The predicted molar refractivity (Wildman–Crippen MR) is 88.6 cm³/mol. The number of halogens is 2. The minimum absolute atomic E-state index is 0.161.